The van der Waals surface area contributed by atoms with Gasteiger partial charge in [-0.05, 0) is 12.1 Å². The Kier molecular flexibility index (Phi) is 3.93. The maximum absolute atomic E-state index is 5.60. The lowest BCUT2D eigenvalue weighted by atomic mass is 10.3. The first-order valence-corrected chi connectivity index (χ1v) is 5.90. The minimum atomic E-state index is 0.762. The molecule has 0 atom stereocenters. The molecule has 5 nitrogen and oxygen atoms in total. The Morgan fingerprint density at radius 1 is 1.35 bits per heavy atom. The molecule has 0 aliphatic heterocycles. The van der Waals surface area contributed by atoms with Crippen LogP contribution >= 0.6 is 0 Å². The van der Waals surface area contributed by atoms with Crippen molar-refractivity contribution < 1.29 is 4.42 Å². The van der Waals surface area contributed by atoms with Crippen LogP contribution in [-0.2, 0) is 26.4 Å². The summed E-state index contributed by atoms with van der Waals surface area (Å²) in [5, 5.41) is 11.2. The van der Waals surface area contributed by atoms with Crippen molar-refractivity contribution in [2.75, 3.05) is 6.54 Å². The maximum Gasteiger partial charge on any atom is 0.133 e. The Labute approximate surface area is 101 Å². The molecule has 92 valence electrons. The molecule has 0 aromatic carbocycles. The van der Waals surface area contributed by atoms with Gasteiger partial charge in [0.15, 0.2) is 0 Å². The van der Waals surface area contributed by atoms with Crippen molar-refractivity contribution in [1.82, 2.24) is 20.1 Å². The van der Waals surface area contributed by atoms with E-state index in [1.165, 1.54) is 0 Å². The van der Waals surface area contributed by atoms with E-state index in [0.29, 0.717) is 0 Å². The van der Waals surface area contributed by atoms with Gasteiger partial charge in [-0.1, -0.05) is 6.92 Å². The minimum absolute atomic E-state index is 0.762. The smallest absolute Gasteiger partial charge is 0.133 e. The predicted molar refractivity (Wildman–Crippen MR) is 64.5 cm³/mol. The van der Waals surface area contributed by atoms with Crippen LogP contribution in [0.15, 0.2) is 22.9 Å². The molecule has 0 spiro atoms. The fraction of sp³-hybridized carbons (Fsp3) is 0.500. The van der Waals surface area contributed by atoms with Crippen LogP contribution in [0.3, 0.4) is 0 Å². The lowest BCUT2D eigenvalue weighted by Crippen LogP contribution is -2.17. The number of hydrogen-bond donors (Lipinski definition) is 1. The van der Waals surface area contributed by atoms with Crippen LogP contribution in [0, 0.1) is 0 Å². The number of rotatable bonds is 6. The van der Waals surface area contributed by atoms with Gasteiger partial charge in [0, 0.05) is 26.4 Å². The second kappa shape index (κ2) is 5.63. The predicted octanol–water partition coefficient (Wildman–Crippen LogP) is 1.30. The largest absolute Gasteiger partial charge is 0.465 e. The van der Waals surface area contributed by atoms with Crippen LogP contribution in [0.4, 0.5) is 0 Å². The van der Waals surface area contributed by atoms with E-state index in [1.807, 2.05) is 23.7 Å². The summed E-state index contributed by atoms with van der Waals surface area (Å²) < 4.78 is 7.53. The topological polar surface area (TPSA) is 55.9 Å². The van der Waals surface area contributed by atoms with Gasteiger partial charge in [0.25, 0.3) is 0 Å². The zero-order chi connectivity index (χ0) is 12.1. The minimum Gasteiger partial charge on any atom is -0.465 e. The van der Waals surface area contributed by atoms with Gasteiger partial charge in [-0.15, -0.1) is 10.2 Å². The molecule has 2 aromatic rings. The molecule has 2 aromatic heterocycles. The summed E-state index contributed by atoms with van der Waals surface area (Å²) in [7, 11) is 1.95. The first-order chi connectivity index (χ1) is 8.29. The number of aromatic nitrogens is 3. The summed E-state index contributed by atoms with van der Waals surface area (Å²) in [4.78, 5) is 0. The molecule has 0 aliphatic carbocycles. The fourth-order valence-corrected chi connectivity index (χ4v) is 1.65. The van der Waals surface area contributed by atoms with E-state index in [2.05, 4.69) is 22.4 Å². The van der Waals surface area contributed by atoms with Crippen LogP contribution in [0.25, 0.3) is 0 Å². The van der Waals surface area contributed by atoms with Crippen molar-refractivity contribution in [1.29, 1.82) is 0 Å². The molecular weight excluding hydrogens is 216 g/mol. The summed E-state index contributed by atoms with van der Waals surface area (Å²) in [6.45, 7) is 3.72. The van der Waals surface area contributed by atoms with Crippen molar-refractivity contribution >= 4 is 0 Å². The third kappa shape index (κ3) is 3.17. The van der Waals surface area contributed by atoms with Gasteiger partial charge in [-0.2, -0.15) is 0 Å². The van der Waals surface area contributed by atoms with Crippen LogP contribution in [0.5, 0.6) is 0 Å². The molecule has 0 saturated heterocycles. The summed E-state index contributed by atoms with van der Waals surface area (Å²) in [5.41, 5.74) is 0. The summed E-state index contributed by atoms with van der Waals surface area (Å²) in [6.07, 6.45) is 3.53. The highest BCUT2D eigenvalue weighted by molar-refractivity contribution is 5.06. The van der Waals surface area contributed by atoms with Crippen LogP contribution in [-0.4, -0.2) is 21.3 Å². The van der Waals surface area contributed by atoms with Crippen molar-refractivity contribution in [2.24, 2.45) is 7.05 Å². The normalized spacial score (nSPS) is 10.9. The number of aryl methyl sites for hydroxylation is 2. The Bertz CT molecular complexity index is 461. The Balaban J connectivity index is 1.71. The fourth-order valence-electron chi connectivity index (χ4n) is 1.65. The van der Waals surface area contributed by atoms with Gasteiger partial charge in [-0.25, -0.2) is 0 Å². The van der Waals surface area contributed by atoms with Crippen molar-refractivity contribution in [3.8, 4) is 0 Å². The van der Waals surface area contributed by atoms with Gasteiger partial charge in [0.2, 0.25) is 0 Å². The zero-order valence-corrected chi connectivity index (χ0v) is 10.3. The average molecular weight is 234 g/mol. The van der Waals surface area contributed by atoms with Gasteiger partial charge in [0.05, 0.1) is 6.54 Å². The molecule has 17 heavy (non-hydrogen) atoms. The Morgan fingerprint density at radius 3 is 2.82 bits per heavy atom. The molecular formula is C12H18N4O. The zero-order valence-electron chi connectivity index (χ0n) is 10.3. The average Bonchev–Trinajstić information content (AvgIpc) is 2.94. The molecule has 0 bridgehead atoms. The lowest BCUT2D eigenvalue weighted by molar-refractivity contribution is 0.450. The number of nitrogens with one attached hydrogen (secondary N) is 1. The number of hydrogen-bond acceptors (Lipinski definition) is 4. The lowest BCUT2D eigenvalue weighted by Gasteiger charge is -2.02. The summed E-state index contributed by atoms with van der Waals surface area (Å²) in [6, 6.07) is 4.05. The number of furan rings is 1. The van der Waals surface area contributed by atoms with Gasteiger partial charge >= 0.3 is 0 Å². The van der Waals surface area contributed by atoms with E-state index in [4.69, 9.17) is 4.42 Å². The monoisotopic (exact) mass is 234 g/mol. The second-order valence-electron chi connectivity index (χ2n) is 4.01. The molecule has 0 unspecified atom stereocenters. The van der Waals surface area contributed by atoms with Crippen molar-refractivity contribution in [3.63, 3.8) is 0 Å². The molecule has 0 saturated carbocycles. The molecule has 0 aliphatic rings. The van der Waals surface area contributed by atoms with Crippen molar-refractivity contribution in [2.45, 2.75) is 26.3 Å². The molecule has 2 rings (SSSR count). The molecule has 0 fully saturated rings. The second-order valence-corrected chi connectivity index (χ2v) is 4.01. The molecule has 5 heteroatoms. The summed E-state index contributed by atoms with van der Waals surface area (Å²) in [5.74, 6) is 3.01. The van der Waals surface area contributed by atoms with Crippen molar-refractivity contribution in [3.05, 3.63) is 35.8 Å². The molecule has 0 radical (unpaired) electrons. The van der Waals surface area contributed by atoms with E-state index in [0.717, 1.165) is 43.3 Å². The molecule has 0 amide bonds. The third-order valence-corrected chi connectivity index (χ3v) is 2.70. The van der Waals surface area contributed by atoms with E-state index >= 15 is 0 Å². The highest BCUT2D eigenvalue weighted by atomic mass is 16.3. The first-order valence-electron chi connectivity index (χ1n) is 5.90. The SMILES string of the molecule is CCc1ccc(CNCCc2nncn2C)o1. The van der Waals surface area contributed by atoms with Gasteiger partial charge in [0.1, 0.15) is 23.7 Å². The van der Waals surface area contributed by atoms with E-state index in [1.54, 1.807) is 6.33 Å². The van der Waals surface area contributed by atoms with Gasteiger partial charge < -0.3 is 14.3 Å². The summed E-state index contributed by atoms with van der Waals surface area (Å²) >= 11 is 0. The third-order valence-electron chi connectivity index (χ3n) is 2.70. The molecule has 1 N–H and O–H groups in total. The Morgan fingerprint density at radius 2 is 2.18 bits per heavy atom. The van der Waals surface area contributed by atoms with Crippen LogP contribution in [0.2, 0.25) is 0 Å². The quantitative estimate of drug-likeness (QED) is 0.765. The molecule has 2 heterocycles. The Hall–Kier alpha value is -1.62. The van der Waals surface area contributed by atoms with Crippen LogP contribution in [0.1, 0.15) is 24.3 Å². The van der Waals surface area contributed by atoms with Gasteiger partial charge in [-0.3, -0.25) is 0 Å². The maximum atomic E-state index is 5.60. The standard InChI is InChI=1S/C12H18N4O/c1-3-10-4-5-11(17-10)8-13-7-6-12-15-14-9-16(12)2/h4-5,9,13H,3,6-8H2,1-2H3. The highest BCUT2D eigenvalue weighted by Crippen LogP contribution is 2.07. The van der Waals surface area contributed by atoms with E-state index in [-0.39, 0.29) is 0 Å². The number of nitrogens with zero attached hydrogens (tertiary/aromatic N) is 3. The van der Waals surface area contributed by atoms with E-state index < -0.39 is 0 Å². The van der Waals surface area contributed by atoms with E-state index in [9.17, 15) is 0 Å². The highest BCUT2D eigenvalue weighted by Gasteiger charge is 2.02. The van der Waals surface area contributed by atoms with Crippen LogP contribution < -0.4 is 5.32 Å². The first kappa shape index (κ1) is 11.9.